The Balaban J connectivity index is 1.57. The summed E-state index contributed by atoms with van der Waals surface area (Å²) in [7, 11) is 0. The van der Waals surface area contributed by atoms with Gasteiger partial charge in [-0.15, -0.1) is 0 Å². The molecular formula is C29H22ClN3O2. The Kier molecular flexibility index (Phi) is 6.42. The zero-order valence-corrected chi connectivity index (χ0v) is 19.6. The van der Waals surface area contributed by atoms with E-state index in [2.05, 4.69) is 5.32 Å². The van der Waals surface area contributed by atoms with E-state index in [1.165, 1.54) is 0 Å². The number of anilines is 1. The normalized spacial score (nSPS) is 10.9. The maximum atomic E-state index is 13.7. The molecule has 0 saturated carbocycles. The first kappa shape index (κ1) is 22.6. The number of hydrogen-bond donors (Lipinski definition) is 1. The van der Waals surface area contributed by atoms with E-state index < -0.39 is 0 Å². The molecule has 0 radical (unpaired) electrons. The monoisotopic (exact) mass is 479 g/mol. The van der Waals surface area contributed by atoms with Crippen LogP contribution in [0.2, 0.25) is 5.02 Å². The number of halogens is 1. The molecule has 0 aliphatic heterocycles. The van der Waals surface area contributed by atoms with Gasteiger partial charge in [0.05, 0.1) is 17.4 Å². The van der Waals surface area contributed by atoms with Crippen molar-refractivity contribution >= 4 is 34.1 Å². The lowest BCUT2D eigenvalue weighted by atomic mass is 10.1. The lowest BCUT2D eigenvalue weighted by Gasteiger charge is -2.15. The summed E-state index contributed by atoms with van der Waals surface area (Å²) in [5, 5.41) is 3.93. The van der Waals surface area contributed by atoms with Gasteiger partial charge < -0.3 is 5.32 Å². The topological polar surface area (TPSA) is 64.0 Å². The molecule has 0 atom stereocenters. The Hall–Kier alpha value is -4.22. The summed E-state index contributed by atoms with van der Waals surface area (Å²) in [5.74, 6) is 0.424. The van der Waals surface area contributed by atoms with Crippen molar-refractivity contribution in [3.63, 3.8) is 0 Å². The summed E-state index contributed by atoms with van der Waals surface area (Å²) in [6, 6.07) is 31.6. The number of hydrogen-bond acceptors (Lipinski definition) is 3. The molecule has 1 aromatic heterocycles. The Bertz CT molecular complexity index is 1560. The van der Waals surface area contributed by atoms with E-state index >= 15 is 0 Å². The fourth-order valence-corrected chi connectivity index (χ4v) is 4.24. The van der Waals surface area contributed by atoms with Gasteiger partial charge in [-0.05, 0) is 53.6 Å². The summed E-state index contributed by atoms with van der Waals surface area (Å²) in [6.07, 6.45) is 0.513. The van der Waals surface area contributed by atoms with Crippen LogP contribution in [0.15, 0.2) is 108 Å². The van der Waals surface area contributed by atoms with Gasteiger partial charge in [0, 0.05) is 22.7 Å². The molecule has 5 nitrogen and oxygen atoms in total. The standard InChI is InChI=1S/C29H22ClN3O2/c30-23-13-7-10-21(16-23)19-33-27(17-20-8-3-1-4-9-20)32-26-15-14-24(18-25(26)29(33)35)31-28(34)22-11-5-2-6-12-22/h1-16,18H,17,19H2,(H,31,34). The van der Waals surface area contributed by atoms with Crippen LogP contribution >= 0.6 is 11.6 Å². The molecule has 1 heterocycles. The first-order valence-corrected chi connectivity index (χ1v) is 11.6. The van der Waals surface area contributed by atoms with E-state index in [1.54, 1.807) is 41.0 Å². The summed E-state index contributed by atoms with van der Waals surface area (Å²) in [5.41, 5.74) is 3.46. The minimum atomic E-state index is -0.238. The van der Waals surface area contributed by atoms with Crippen molar-refractivity contribution in [3.8, 4) is 0 Å². The van der Waals surface area contributed by atoms with Gasteiger partial charge in [-0.1, -0.05) is 72.3 Å². The number of nitrogens with zero attached hydrogens (tertiary/aromatic N) is 2. The lowest BCUT2D eigenvalue weighted by Crippen LogP contribution is -2.26. The third kappa shape index (κ3) is 5.15. The molecule has 35 heavy (non-hydrogen) atoms. The number of carbonyl (C=O) groups excluding carboxylic acids is 1. The Morgan fingerprint density at radius 3 is 2.29 bits per heavy atom. The molecular weight excluding hydrogens is 458 g/mol. The van der Waals surface area contributed by atoms with E-state index in [0.29, 0.717) is 46.0 Å². The first-order chi connectivity index (χ1) is 17.1. The van der Waals surface area contributed by atoms with E-state index in [1.807, 2.05) is 66.7 Å². The number of carbonyl (C=O) groups is 1. The van der Waals surface area contributed by atoms with Crippen LogP contribution in [-0.4, -0.2) is 15.5 Å². The van der Waals surface area contributed by atoms with Crippen molar-refractivity contribution in [2.45, 2.75) is 13.0 Å². The molecule has 0 spiro atoms. The summed E-state index contributed by atoms with van der Waals surface area (Å²) in [4.78, 5) is 31.2. The molecule has 1 N–H and O–H groups in total. The minimum absolute atomic E-state index is 0.170. The van der Waals surface area contributed by atoms with Crippen molar-refractivity contribution in [1.29, 1.82) is 0 Å². The minimum Gasteiger partial charge on any atom is -0.322 e. The zero-order valence-electron chi connectivity index (χ0n) is 18.8. The number of nitrogens with one attached hydrogen (secondary N) is 1. The molecule has 6 heteroatoms. The molecule has 0 saturated heterocycles. The summed E-state index contributed by atoms with van der Waals surface area (Å²) < 4.78 is 1.68. The van der Waals surface area contributed by atoms with Crippen molar-refractivity contribution in [2.24, 2.45) is 0 Å². The highest BCUT2D eigenvalue weighted by molar-refractivity contribution is 6.30. The second-order valence-corrected chi connectivity index (χ2v) is 8.70. The fourth-order valence-electron chi connectivity index (χ4n) is 4.03. The summed E-state index contributed by atoms with van der Waals surface area (Å²) >= 11 is 6.19. The van der Waals surface area contributed by atoms with E-state index in [0.717, 1.165) is 11.1 Å². The van der Waals surface area contributed by atoms with Crippen molar-refractivity contribution in [3.05, 3.63) is 141 Å². The third-order valence-corrected chi connectivity index (χ3v) is 6.00. The molecule has 0 aliphatic rings. The molecule has 1 amide bonds. The van der Waals surface area contributed by atoms with Gasteiger partial charge >= 0.3 is 0 Å². The number of rotatable bonds is 6. The second-order valence-electron chi connectivity index (χ2n) is 8.26. The largest absolute Gasteiger partial charge is 0.322 e. The molecule has 5 rings (SSSR count). The number of fused-ring (bicyclic) bond motifs is 1. The number of benzene rings is 4. The van der Waals surface area contributed by atoms with Gasteiger partial charge in [0.25, 0.3) is 11.5 Å². The maximum absolute atomic E-state index is 13.7. The van der Waals surface area contributed by atoms with E-state index in [9.17, 15) is 9.59 Å². The van der Waals surface area contributed by atoms with E-state index in [4.69, 9.17) is 16.6 Å². The molecule has 172 valence electrons. The van der Waals surface area contributed by atoms with Crippen LogP contribution in [0, 0.1) is 0 Å². The van der Waals surface area contributed by atoms with Crippen molar-refractivity contribution in [2.75, 3.05) is 5.32 Å². The molecule has 0 fully saturated rings. The smallest absolute Gasteiger partial charge is 0.261 e. The van der Waals surface area contributed by atoms with Gasteiger partial charge in [0.1, 0.15) is 5.82 Å². The van der Waals surface area contributed by atoms with Crippen LogP contribution in [0.3, 0.4) is 0 Å². The Labute approximate surface area is 207 Å². The molecule has 0 unspecified atom stereocenters. The van der Waals surface area contributed by atoms with E-state index in [-0.39, 0.29) is 11.5 Å². The van der Waals surface area contributed by atoms with Crippen molar-refractivity contribution < 1.29 is 4.79 Å². The first-order valence-electron chi connectivity index (χ1n) is 11.2. The van der Waals surface area contributed by atoms with Gasteiger partial charge in [0.2, 0.25) is 0 Å². The van der Waals surface area contributed by atoms with Gasteiger partial charge in [0.15, 0.2) is 0 Å². The average Bonchev–Trinajstić information content (AvgIpc) is 2.88. The quantitative estimate of drug-likeness (QED) is 0.327. The van der Waals surface area contributed by atoms with Crippen molar-refractivity contribution in [1.82, 2.24) is 9.55 Å². The van der Waals surface area contributed by atoms with Crippen LogP contribution in [0.25, 0.3) is 10.9 Å². The predicted octanol–water partition coefficient (Wildman–Crippen LogP) is 5.94. The highest BCUT2D eigenvalue weighted by Crippen LogP contribution is 2.19. The Morgan fingerprint density at radius 2 is 1.54 bits per heavy atom. The van der Waals surface area contributed by atoms with Crippen LogP contribution < -0.4 is 10.9 Å². The average molecular weight is 480 g/mol. The number of amides is 1. The number of aromatic nitrogens is 2. The van der Waals surface area contributed by atoms with Crippen LogP contribution in [-0.2, 0) is 13.0 Å². The maximum Gasteiger partial charge on any atom is 0.261 e. The molecule has 0 bridgehead atoms. The highest BCUT2D eigenvalue weighted by atomic mass is 35.5. The predicted molar refractivity (Wildman–Crippen MR) is 140 cm³/mol. The van der Waals surface area contributed by atoms with Gasteiger partial charge in [-0.2, -0.15) is 0 Å². The molecule has 5 aromatic rings. The third-order valence-electron chi connectivity index (χ3n) is 5.76. The Morgan fingerprint density at radius 1 is 0.829 bits per heavy atom. The lowest BCUT2D eigenvalue weighted by molar-refractivity contribution is 0.102. The van der Waals surface area contributed by atoms with Crippen LogP contribution in [0.4, 0.5) is 5.69 Å². The SMILES string of the molecule is O=C(Nc1ccc2nc(Cc3ccccc3)n(Cc3cccc(Cl)c3)c(=O)c2c1)c1ccccc1. The fraction of sp³-hybridized carbons (Fsp3) is 0.0690. The second kappa shape index (κ2) is 9.95. The highest BCUT2D eigenvalue weighted by Gasteiger charge is 2.14. The summed E-state index contributed by atoms with van der Waals surface area (Å²) in [6.45, 7) is 0.338. The van der Waals surface area contributed by atoms with Crippen LogP contribution in [0.5, 0.6) is 0 Å². The molecule has 4 aromatic carbocycles. The molecule has 0 aliphatic carbocycles. The zero-order chi connectivity index (χ0) is 24.2. The van der Waals surface area contributed by atoms with Gasteiger partial charge in [-0.25, -0.2) is 4.98 Å². The van der Waals surface area contributed by atoms with Gasteiger partial charge in [-0.3, -0.25) is 14.2 Å². The van der Waals surface area contributed by atoms with Crippen LogP contribution in [0.1, 0.15) is 27.3 Å².